The van der Waals surface area contributed by atoms with Crippen LogP contribution in [0.15, 0.2) is 41.8 Å². The number of ether oxygens (including phenoxy) is 1. The van der Waals surface area contributed by atoms with Crippen molar-refractivity contribution >= 4 is 11.3 Å². The van der Waals surface area contributed by atoms with Gasteiger partial charge in [0.25, 0.3) is 0 Å². The number of benzene rings is 1. The van der Waals surface area contributed by atoms with E-state index in [0.29, 0.717) is 12.4 Å². The van der Waals surface area contributed by atoms with Crippen LogP contribution in [0.1, 0.15) is 4.88 Å². The first kappa shape index (κ1) is 9.09. The van der Waals surface area contributed by atoms with Gasteiger partial charge in [-0.3, -0.25) is 0 Å². The van der Waals surface area contributed by atoms with Crippen LogP contribution in [0.5, 0.6) is 11.5 Å². The van der Waals surface area contributed by atoms with Crippen molar-refractivity contribution in [2.45, 2.75) is 6.61 Å². The molecule has 0 aliphatic heterocycles. The fraction of sp³-hybridized carbons (Fsp3) is 0.0909. The van der Waals surface area contributed by atoms with Crippen LogP contribution < -0.4 is 4.74 Å². The third-order valence-corrected chi connectivity index (χ3v) is 2.63. The van der Waals surface area contributed by atoms with E-state index in [4.69, 9.17) is 4.74 Å². The van der Waals surface area contributed by atoms with Crippen LogP contribution in [0.25, 0.3) is 0 Å². The summed E-state index contributed by atoms with van der Waals surface area (Å²) in [6, 6.07) is 10.8. The smallest absolute Gasteiger partial charge is 0.123 e. The SMILES string of the molecule is Oc1cccc(OCc2cccs2)c1. The van der Waals surface area contributed by atoms with Crippen molar-refractivity contribution in [1.29, 1.82) is 0 Å². The lowest BCUT2D eigenvalue weighted by molar-refractivity contribution is 0.308. The molecule has 14 heavy (non-hydrogen) atoms. The first-order valence-electron chi connectivity index (χ1n) is 4.29. The molecule has 0 unspecified atom stereocenters. The number of aromatic hydroxyl groups is 1. The second-order valence-corrected chi connectivity index (χ2v) is 3.90. The van der Waals surface area contributed by atoms with Crippen molar-refractivity contribution in [3.8, 4) is 11.5 Å². The van der Waals surface area contributed by atoms with Crippen LogP contribution >= 0.6 is 11.3 Å². The monoisotopic (exact) mass is 206 g/mol. The molecule has 1 aromatic heterocycles. The highest BCUT2D eigenvalue weighted by molar-refractivity contribution is 7.09. The highest BCUT2D eigenvalue weighted by Crippen LogP contribution is 2.19. The maximum Gasteiger partial charge on any atom is 0.123 e. The molecule has 0 saturated heterocycles. The van der Waals surface area contributed by atoms with Crippen LogP contribution in [0.2, 0.25) is 0 Å². The van der Waals surface area contributed by atoms with E-state index in [1.807, 2.05) is 23.6 Å². The Kier molecular flexibility index (Phi) is 2.70. The fourth-order valence-corrected chi connectivity index (χ4v) is 1.74. The second-order valence-electron chi connectivity index (χ2n) is 2.87. The second kappa shape index (κ2) is 4.15. The molecule has 0 amide bonds. The third-order valence-electron chi connectivity index (χ3n) is 1.78. The summed E-state index contributed by atoms with van der Waals surface area (Å²) in [5.74, 6) is 0.923. The highest BCUT2D eigenvalue weighted by atomic mass is 32.1. The normalized spacial score (nSPS) is 10.0. The van der Waals surface area contributed by atoms with Crippen LogP contribution in [0, 0.1) is 0 Å². The minimum Gasteiger partial charge on any atom is -0.508 e. The summed E-state index contributed by atoms with van der Waals surface area (Å²) in [6.07, 6.45) is 0. The Morgan fingerprint density at radius 3 is 2.86 bits per heavy atom. The van der Waals surface area contributed by atoms with E-state index in [-0.39, 0.29) is 5.75 Å². The van der Waals surface area contributed by atoms with Crippen LogP contribution in [0.4, 0.5) is 0 Å². The van der Waals surface area contributed by atoms with Gasteiger partial charge in [0.1, 0.15) is 18.1 Å². The van der Waals surface area contributed by atoms with Gasteiger partial charge in [-0.1, -0.05) is 12.1 Å². The Hall–Kier alpha value is -1.48. The third kappa shape index (κ3) is 2.26. The highest BCUT2D eigenvalue weighted by Gasteiger charge is 1.97. The molecule has 0 atom stereocenters. The molecule has 0 aliphatic carbocycles. The van der Waals surface area contributed by atoms with Crippen molar-refractivity contribution in [1.82, 2.24) is 0 Å². The van der Waals surface area contributed by atoms with Gasteiger partial charge in [-0.05, 0) is 23.6 Å². The maximum absolute atomic E-state index is 9.19. The Balaban J connectivity index is 1.98. The summed E-state index contributed by atoms with van der Waals surface area (Å²) in [5, 5.41) is 11.2. The zero-order valence-electron chi connectivity index (χ0n) is 7.51. The van der Waals surface area contributed by atoms with E-state index >= 15 is 0 Å². The summed E-state index contributed by atoms with van der Waals surface area (Å²) in [5.41, 5.74) is 0. The molecule has 0 spiro atoms. The summed E-state index contributed by atoms with van der Waals surface area (Å²) < 4.78 is 5.48. The summed E-state index contributed by atoms with van der Waals surface area (Å²) in [4.78, 5) is 1.17. The molecule has 72 valence electrons. The van der Waals surface area contributed by atoms with Gasteiger partial charge in [0.15, 0.2) is 0 Å². The Bertz CT molecular complexity index is 395. The lowest BCUT2D eigenvalue weighted by Crippen LogP contribution is -1.91. The molecule has 0 fully saturated rings. The molecule has 2 aromatic rings. The minimum atomic E-state index is 0.230. The molecule has 2 rings (SSSR count). The van der Waals surface area contributed by atoms with Crippen molar-refractivity contribution in [3.05, 3.63) is 46.7 Å². The van der Waals surface area contributed by atoms with E-state index in [0.717, 1.165) is 0 Å². The Morgan fingerprint density at radius 2 is 2.14 bits per heavy atom. The maximum atomic E-state index is 9.19. The largest absolute Gasteiger partial charge is 0.508 e. The van der Waals surface area contributed by atoms with Gasteiger partial charge >= 0.3 is 0 Å². The average Bonchev–Trinajstić information content (AvgIpc) is 2.67. The number of phenolic OH excluding ortho intramolecular Hbond substituents is 1. The molecule has 0 bridgehead atoms. The van der Waals surface area contributed by atoms with Crippen molar-refractivity contribution in [2.24, 2.45) is 0 Å². The van der Waals surface area contributed by atoms with E-state index in [1.165, 1.54) is 4.88 Å². The molecule has 3 heteroatoms. The van der Waals surface area contributed by atoms with Gasteiger partial charge in [-0.15, -0.1) is 11.3 Å². The number of thiophene rings is 1. The first-order chi connectivity index (χ1) is 6.84. The van der Waals surface area contributed by atoms with Gasteiger partial charge in [-0.2, -0.15) is 0 Å². The van der Waals surface area contributed by atoms with Gasteiger partial charge in [0.2, 0.25) is 0 Å². The first-order valence-corrected chi connectivity index (χ1v) is 5.17. The molecule has 0 aliphatic rings. The molecule has 1 N–H and O–H groups in total. The van der Waals surface area contributed by atoms with Crippen LogP contribution in [-0.2, 0) is 6.61 Å². The minimum absolute atomic E-state index is 0.230. The molecule has 0 saturated carbocycles. The summed E-state index contributed by atoms with van der Waals surface area (Å²) in [6.45, 7) is 0.557. The van der Waals surface area contributed by atoms with Gasteiger partial charge in [0, 0.05) is 10.9 Å². The number of rotatable bonds is 3. The van der Waals surface area contributed by atoms with Gasteiger partial charge in [0.05, 0.1) is 0 Å². The molecule has 1 heterocycles. The van der Waals surface area contributed by atoms with E-state index in [2.05, 4.69) is 0 Å². The van der Waals surface area contributed by atoms with Gasteiger partial charge < -0.3 is 9.84 Å². The standard InChI is InChI=1S/C11H10O2S/c12-9-3-1-4-10(7-9)13-8-11-5-2-6-14-11/h1-7,12H,8H2. The summed E-state index contributed by atoms with van der Waals surface area (Å²) in [7, 11) is 0. The summed E-state index contributed by atoms with van der Waals surface area (Å²) >= 11 is 1.66. The predicted molar refractivity (Wildman–Crippen MR) is 56.8 cm³/mol. The zero-order chi connectivity index (χ0) is 9.80. The predicted octanol–water partition coefficient (Wildman–Crippen LogP) is 3.03. The van der Waals surface area contributed by atoms with E-state index < -0.39 is 0 Å². The Labute approximate surface area is 86.4 Å². The molecule has 0 radical (unpaired) electrons. The fourth-order valence-electron chi connectivity index (χ4n) is 1.12. The Morgan fingerprint density at radius 1 is 1.21 bits per heavy atom. The average molecular weight is 206 g/mol. The number of phenols is 1. The quantitative estimate of drug-likeness (QED) is 0.836. The molecular weight excluding hydrogens is 196 g/mol. The topological polar surface area (TPSA) is 29.5 Å². The van der Waals surface area contributed by atoms with E-state index in [9.17, 15) is 5.11 Å². The lowest BCUT2D eigenvalue weighted by atomic mass is 10.3. The number of hydrogen-bond donors (Lipinski definition) is 1. The van der Waals surface area contributed by atoms with Crippen LogP contribution in [0.3, 0.4) is 0 Å². The lowest BCUT2D eigenvalue weighted by Gasteiger charge is -2.04. The number of hydrogen-bond acceptors (Lipinski definition) is 3. The van der Waals surface area contributed by atoms with Crippen molar-refractivity contribution < 1.29 is 9.84 Å². The zero-order valence-corrected chi connectivity index (χ0v) is 8.33. The van der Waals surface area contributed by atoms with Crippen molar-refractivity contribution in [2.75, 3.05) is 0 Å². The van der Waals surface area contributed by atoms with E-state index in [1.54, 1.807) is 29.5 Å². The van der Waals surface area contributed by atoms with Crippen LogP contribution in [-0.4, -0.2) is 5.11 Å². The molecular formula is C11H10O2S. The van der Waals surface area contributed by atoms with Crippen molar-refractivity contribution in [3.63, 3.8) is 0 Å². The molecule has 2 nitrogen and oxygen atoms in total. The molecule has 1 aromatic carbocycles. The van der Waals surface area contributed by atoms with Gasteiger partial charge in [-0.25, -0.2) is 0 Å².